The van der Waals surface area contributed by atoms with Crippen LogP contribution in [0.4, 0.5) is 0 Å². The van der Waals surface area contributed by atoms with Crippen LogP contribution in [-0.4, -0.2) is 34.9 Å². The number of nitrogens with zero attached hydrogens (tertiary/aromatic N) is 2. The van der Waals surface area contributed by atoms with Crippen molar-refractivity contribution < 1.29 is 42.3 Å². The zero-order valence-corrected chi connectivity index (χ0v) is 9.14. The zero-order valence-electron chi connectivity index (χ0n) is 6.30. The second-order valence-electron chi connectivity index (χ2n) is 2.63. The molecule has 2 rings (SSSR count). The number of carbonyl (C=O) groups excluding carboxylic acids is 2. The van der Waals surface area contributed by atoms with Gasteiger partial charge in [-0.05, 0) is 6.42 Å². The number of hydrogen-bond donors (Lipinski definition) is 0. The van der Waals surface area contributed by atoms with Gasteiger partial charge in [-0.3, -0.25) is 0 Å². The topological polar surface area (TPSA) is 40.6 Å². The third-order valence-electron chi connectivity index (χ3n) is 2.09. The van der Waals surface area contributed by atoms with Gasteiger partial charge in [0, 0.05) is 44.8 Å². The first-order chi connectivity index (χ1) is 5.36. The molecule has 0 spiro atoms. The summed E-state index contributed by atoms with van der Waals surface area (Å²) in [5.74, 6) is 0. The van der Waals surface area contributed by atoms with Crippen LogP contribution in [0.2, 0.25) is 0 Å². The van der Waals surface area contributed by atoms with Gasteiger partial charge in [-0.25, -0.2) is 0 Å². The molecule has 1 fully saturated rings. The van der Waals surface area contributed by atoms with E-state index in [0.29, 0.717) is 0 Å². The molecular formula is C7H6N2O2Y-2. The molecule has 2 bridgehead atoms. The van der Waals surface area contributed by atoms with Gasteiger partial charge in [0.25, 0.3) is 0 Å². The van der Waals surface area contributed by atoms with Gasteiger partial charge in [-0.1, -0.05) is 12.2 Å². The fraction of sp³-hybridized carbons (Fsp3) is 0.429. The largest absolute Gasteiger partial charge is 0.518 e. The molecule has 1 aliphatic carbocycles. The molecule has 4 nitrogen and oxygen atoms in total. The molecule has 0 aromatic carbocycles. The van der Waals surface area contributed by atoms with Crippen LogP contribution in [0.5, 0.6) is 0 Å². The van der Waals surface area contributed by atoms with Crippen LogP contribution in [-0.2, 0) is 42.3 Å². The van der Waals surface area contributed by atoms with Gasteiger partial charge in [0.05, 0.1) is 0 Å². The molecule has 0 aromatic heterocycles. The Kier molecular flexibility index (Phi) is 3.01. The Morgan fingerprint density at radius 1 is 1.08 bits per heavy atom. The molecule has 2 aliphatic rings. The van der Waals surface area contributed by atoms with Crippen LogP contribution < -0.4 is 0 Å². The molecule has 61 valence electrons. The van der Waals surface area contributed by atoms with Crippen molar-refractivity contribution in [2.75, 3.05) is 0 Å². The maximum Gasteiger partial charge on any atom is 0.0354 e. The summed E-state index contributed by atoms with van der Waals surface area (Å²) in [4.78, 5) is 20.6. The fourth-order valence-electron chi connectivity index (χ4n) is 1.57. The molecule has 12 heavy (non-hydrogen) atoms. The van der Waals surface area contributed by atoms with Crippen molar-refractivity contribution in [2.24, 2.45) is 0 Å². The Morgan fingerprint density at radius 3 is 1.83 bits per heavy atom. The van der Waals surface area contributed by atoms with E-state index in [9.17, 15) is 9.59 Å². The number of hydrazine groups is 1. The van der Waals surface area contributed by atoms with Gasteiger partial charge in [-0.15, -0.1) is 12.8 Å². The summed E-state index contributed by atoms with van der Waals surface area (Å²) in [6, 6.07) is 0.0536. The first kappa shape index (κ1) is 9.87. The van der Waals surface area contributed by atoms with Crippen molar-refractivity contribution in [1.82, 2.24) is 10.0 Å². The molecule has 2 unspecified atom stereocenters. The monoisotopic (exact) mass is 239 g/mol. The number of rotatable bonds is 2. The van der Waals surface area contributed by atoms with E-state index in [4.69, 9.17) is 0 Å². The molecule has 1 aliphatic heterocycles. The van der Waals surface area contributed by atoms with Gasteiger partial charge in [-0.2, -0.15) is 0 Å². The van der Waals surface area contributed by atoms with Gasteiger partial charge in [0.2, 0.25) is 0 Å². The van der Waals surface area contributed by atoms with Gasteiger partial charge in [0.15, 0.2) is 0 Å². The minimum absolute atomic E-state index is 0. The normalized spacial score (nSPS) is 30.3. The van der Waals surface area contributed by atoms with Crippen LogP contribution in [0.1, 0.15) is 6.42 Å². The number of amides is 2. The van der Waals surface area contributed by atoms with E-state index < -0.39 is 0 Å². The summed E-state index contributed by atoms with van der Waals surface area (Å²) in [7, 11) is 0. The van der Waals surface area contributed by atoms with Crippen molar-refractivity contribution in [3.63, 3.8) is 0 Å². The standard InChI is InChI=1S/C7H6N2O2.Y/c10-4-8-6-1-2-7(3-6)9(8)5-11;/h1-2,6-7H,3H2;/q-2;. The van der Waals surface area contributed by atoms with Crippen molar-refractivity contribution >= 4 is 12.8 Å². The van der Waals surface area contributed by atoms with Crippen molar-refractivity contribution in [3.05, 3.63) is 12.2 Å². The van der Waals surface area contributed by atoms with Crippen molar-refractivity contribution in [1.29, 1.82) is 0 Å². The van der Waals surface area contributed by atoms with Gasteiger partial charge < -0.3 is 19.6 Å². The van der Waals surface area contributed by atoms with E-state index >= 15 is 0 Å². The van der Waals surface area contributed by atoms with Crippen LogP contribution >= 0.6 is 0 Å². The van der Waals surface area contributed by atoms with Crippen LogP contribution in [0.15, 0.2) is 12.2 Å². The minimum Gasteiger partial charge on any atom is -0.518 e. The van der Waals surface area contributed by atoms with Crippen LogP contribution in [0.25, 0.3) is 0 Å². The van der Waals surface area contributed by atoms with Gasteiger partial charge >= 0.3 is 0 Å². The fourth-order valence-corrected chi connectivity index (χ4v) is 1.57. The van der Waals surface area contributed by atoms with E-state index in [-0.39, 0.29) is 44.8 Å². The predicted octanol–water partition coefficient (Wildman–Crippen LogP) is -0.652. The number of hydrogen-bond acceptors (Lipinski definition) is 2. The average Bonchev–Trinajstić information content (AvgIpc) is 2.60. The smallest absolute Gasteiger partial charge is 0.0354 e. The third kappa shape index (κ3) is 1.23. The van der Waals surface area contributed by atoms with Crippen LogP contribution in [0, 0.1) is 0 Å². The second kappa shape index (κ2) is 3.66. The molecular weight excluding hydrogens is 233 g/mol. The van der Waals surface area contributed by atoms with E-state index in [2.05, 4.69) is 0 Å². The minimum atomic E-state index is 0. The summed E-state index contributed by atoms with van der Waals surface area (Å²) >= 11 is 0. The molecule has 5 heteroatoms. The summed E-state index contributed by atoms with van der Waals surface area (Å²) in [6.07, 6.45) is 7.99. The maximum atomic E-state index is 10.3. The molecule has 1 radical (unpaired) electrons. The Balaban J connectivity index is 0.000000720. The molecule has 1 heterocycles. The predicted molar refractivity (Wildman–Crippen MR) is 36.4 cm³/mol. The maximum absolute atomic E-state index is 10.3. The molecule has 2 amide bonds. The second-order valence-corrected chi connectivity index (χ2v) is 2.63. The summed E-state index contributed by atoms with van der Waals surface area (Å²) in [6.45, 7) is 0. The third-order valence-corrected chi connectivity index (χ3v) is 2.09. The average molecular weight is 239 g/mol. The van der Waals surface area contributed by atoms with Crippen molar-refractivity contribution in [2.45, 2.75) is 18.5 Å². The van der Waals surface area contributed by atoms with Gasteiger partial charge in [0.1, 0.15) is 0 Å². The molecule has 0 aromatic rings. The Bertz CT molecular complexity index is 209. The molecule has 0 saturated carbocycles. The van der Waals surface area contributed by atoms with E-state index in [1.165, 1.54) is 10.0 Å². The SMILES string of the molecule is O=[C-]N1C2C=CC(C2)N1[C-]=O.[Y]. The zero-order chi connectivity index (χ0) is 7.84. The Hall–Kier alpha value is -0.216. The first-order valence-electron chi connectivity index (χ1n) is 3.39. The Labute approximate surface area is 95.4 Å². The van der Waals surface area contributed by atoms with Crippen molar-refractivity contribution in [3.8, 4) is 0 Å². The summed E-state index contributed by atoms with van der Waals surface area (Å²) in [5.41, 5.74) is 0. The number of fused-ring (bicyclic) bond motifs is 2. The Morgan fingerprint density at radius 2 is 1.50 bits per heavy atom. The molecule has 1 saturated heterocycles. The quantitative estimate of drug-likeness (QED) is 0.474. The van der Waals surface area contributed by atoms with E-state index in [1.54, 1.807) is 12.8 Å². The summed E-state index contributed by atoms with van der Waals surface area (Å²) in [5, 5.41) is 2.50. The van der Waals surface area contributed by atoms with E-state index in [1.807, 2.05) is 12.2 Å². The first-order valence-corrected chi connectivity index (χ1v) is 3.39. The van der Waals surface area contributed by atoms with E-state index in [0.717, 1.165) is 6.42 Å². The molecule has 2 atom stereocenters. The summed E-state index contributed by atoms with van der Waals surface area (Å²) < 4.78 is 0. The van der Waals surface area contributed by atoms with Crippen LogP contribution in [0.3, 0.4) is 0 Å². The molecule has 0 N–H and O–H groups in total.